The molecule has 1 heterocycles. The van der Waals surface area contributed by atoms with E-state index in [2.05, 4.69) is 28.9 Å². The largest absolute Gasteiger partial charge is 0.312 e. The Morgan fingerprint density at radius 2 is 2.27 bits per heavy atom. The normalized spacial score (nSPS) is 16.1. The summed E-state index contributed by atoms with van der Waals surface area (Å²) in [6.07, 6.45) is 2.63. The van der Waals surface area contributed by atoms with Gasteiger partial charge in [0, 0.05) is 23.1 Å². The van der Waals surface area contributed by atoms with Crippen molar-refractivity contribution in [2.75, 3.05) is 11.4 Å². The van der Waals surface area contributed by atoms with Gasteiger partial charge >= 0.3 is 0 Å². The average Bonchev–Trinajstić information content (AvgIpc) is 2.64. The van der Waals surface area contributed by atoms with E-state index < -0.39 is 0 Å². The average molecular weight is 268 g/mol. The van der Waals surface area contributed by atoms with Crippen LogP contribution in [0.3, 0.4) is 0 Å². The lowest BCUT2D eigenvalue weighted by Crippen LogP contribution is -2.24. The molecule has 0 aliphatic carbocycles. The van der Waals surface area contributed by atoms with E-state index in [1.165, 1.54) is 5.56 Å². The zero-order valence-corrected chi connectivity index (χ0v) is 10.4. The molecule has 1 saturated heterocycles. The Hall–Kier alpha value is -0.830. The van der Waals surface area contributed by atoms with Crippen LogP contribution in [-0.2, 0) is 11.2 Å². The van der Waals surface area contributed by atoms with Gasteiger partial charge in [0.1, 0.15) is 0 Å². The van der Waals surface area contributed by atoms with Gasteiger partial charge in [0.05, 0.1) is 0 Å². The number of aryl methyl sites for hydroxylation is 1. The molecule has 2 rings (SSSR count). The van der Waals surface area contributed by atoms with Crippen LogP contribution < -0.4 is 4.90 Å². The second kappa shape index (κ2) is 4.35. The molecule has 2 nitrogen and oxygen atoms in total. The van der Waals surface area contributed by atoms with Gasteiger partial charge in [-0.15, -0.1) is 0 Å². The van der Waals surface area contributed by atoms with E-state index in [1.807, 2.05) is 17.0 Å². The van der Waals surface area contributed by atoms with Crippen molar-refractivity contribution < 1.29 is 4.79 Å². The van der Waals surface area contributed by atoms with E-state index in [9.17, 15) is 4.79 Å². The summed E-state index contributed by atoms with van der Waals surface area (Å²) in [5.74, 6) is 0.257. The smallest absolute Gasteiger partial charge is 0.227 e. The summed E-state index contributed by atoms with van der Waals surface area (Å²) in [5.41, 5.74) is 2.32. The number of carbonyl (C=O) groups excluding carboxylic acids is 1. The van der Waals surface area contributed by atoms with Crippen LogP contribution in [0.4, 0.5) is 5.69 Å². The van der Waals surface area contributed by atoms with Crippen molar-refractivity contribution >= 4 is 27.5 Å². The highest BCUT2D eigenvalue weighted by Gasteiger charge is 2.23. The molecule has 1 fully saturated rings. The van der Waals surface area contributed by atoms with Gasteiger partial charge in [-0.2, -0.15) is 0 Å². The van der Waals surface area contributed by atoms with Crippen molar-refractivity contribution in [3.63, 3.8) is 0 Å². The third kappa shape index (κ3) is 2.07. The first-order valence-corrected chi connectivity index (χ1v) is 6.10. The molecule has 0 aromatic heterocycles. The Balaban J connectivity index is 2.38. The molecule has 3 heteroatoms. The molecule has 1 aliphatic rings. The summed E-state index contributed by atoms with van der Waals surface area (Å²) < 4.78 is 1.08. The zero-order chi connectivity index (χ0) is 10.8. The monoisotopic (exact) mass is 267 g/mol. The number of amides is 1. The summed E-state index contributed by atoms with van der Waals surface area (Å²) in [4.78, 5) is 13.6. The number of nitrogens with zero attached hydrogens (tertiary/aromatic N) is 1. The van der Waals surface area contributed by atoms with E-state index >= 15 is 0 Å². The number of hydrogen-bond donors (Lipinski definition) is 0. The maximum Gasteiger partial charge on any atom is 0.227 e. The minimum absolute atomic E-state index is 0.257. The van der Waals surface area contributed by atoms with E-state index in [0.717, 1.165) is 29.5 Å². The van der Waals surface area contributed by atoms with E-state index in [0.29, 0.717) is 6.42 Å². The Morgan fingerprint density at radius 3 is 2.87 bits per heavy atom. The van der Waals surface area contributed by atoms with E-state index in [1.54, 1.807) is 0 Å². The highest BCUT2D eigenvalue weighted by molar-refractivity contribution is 9.10. The first-order valence-electron chi connectivity index (χ1n) is 5.31. The van der Waals surface area contributed by atoms with Crippen LogP contribution in [0, 0.1) is 0 Å². The summed E-state index contributed by atoms with van der Waals surface area (Å²) in [5, 5.41) is 0. The zero-order valence-electron chi connectivity index (χ0n) is 8.79. The number of rotatable bonds is 2. The predicted octanol–water partition coefficient (Wildman–Crippen LogP) is 3.14. The highest BCUT2D eigenvalue weighted by atomic mass is 79.9. The third-order valence-corrected chi connectivity index (χ3v) is 3.28. The molecule has 1 amide bonds. The van der Waals surface area contributed by atoms with Crippen LogP contribution in [0.1, 0.15) is 25.3 Å². The van der Waals surface area contributed by atoms with Gasteiger partial charge < -0.3 is 4.90 Å². The molecule has 0 N–H and O–H groups in total. The second-order valence-electron chi connectivity index (χ2n) is 3.78. The first kappa shape index (κ1) is 10.7. The van der Waals surface area contributed by atoms with Gasteiger partial charge in [-0.05, 0) is 36.6 Å². The third-order valence-electron chi connectivity index (χ3n) is 2.79. The molecule has 15 heavy (non-hydrogen) atoms. The SMILES string of the molecule is CCc1cc(Br)ccc1N1CCCC1=O. The molecular formula is C12H14BrNO. The minimum atomic E-state index is 0.257. The summed E-state index contributed by atoms with van der Waals surface area (Å²) in [7, 11) is 0. The quantitative estimate of drug-likeness (QED) is 0.806. The van der Waals surface area contributed by atoms with Gasteiger partial charge in [0.15, 0.2) is 0 Å². The molecular weight excluding hydrogens is 254 g/mol. The molecule has 0 saturated carbocycles. The minimum Gasteiger partial charge on any atom is -0.312 e. The van der Waals surface area contributed by atoms with E-state index in [4.69, 9.17) is 0 Å². The van der Waals surface area contributed by atoms with Crippen molar-refractivity contribution in [2.45, 2.75) is 26.2 Å². The molecule has 1 aromatic carbocycles. The Morgan fingerprint density at radius 1 is 1.47 bits per heavy atom. The Bertz CT molecular complexity index is 389. The van der Waals surface area contributed by atoms with Gasteiger partial charge in [-0.25, -0.2) is 0 Å². The van der Waals surface area contributed by atoms with Crippen molar-refractivity contribution in [3.05, 3.63) is 28.2 Å². The van der Waals surface area contributed by atoms with Crippen LogP contribution in [0.15, 0.2) is 22.7 Å². The van der Waals surface area contributed by atoms with Gasteiger partial charge in [-0.3, -0.25) is 4.79 Å². The van der Waals surface area contributed by atoms with Gasteiger partial charge in [-0.1, -0.05) is 22.9 Å². The number of hydrogen-bond acceptors (Lipinski definition) is 1. The number of halogens is 1. The van der Waals surface area contributed by atoms with E-state index in [-0.39, 0.29) is 5.91 Å². The lowest BCUT2D eigenvalue weighted by Gasteiger charge is -2.19. The van der Waals surface area contributed by atoms with Crippen LogP contribution in [0.25, 0.3) is 0 Å². The molecule has 0 radical (unpaired) electrons. The standard InChI is InChI=1S/C12H14BrNO/c1-2-9-8-10(13)5-6-11(9)14-7-3-4-12(14)15/h5-6,8H,2-4,7H2,1H3. The maximum atomic E-state index is 11.6. The van der Waals surface area contributed by atoms with Crippen molar-refractivity contribution in [1.29, 1.82) is 0 Å². The molecule has 0 unspecified atom stereocenters. The number of anilines is 1. The number of benzene rings is 1. The van der Waals surface area contributed by atoms with Crippen LogP contribution >= 0.6 is 15.9 Å². The topological polar surface area (TPSA) is 20.3 Å². The molecule has 1 aliphatic heterocycles. The second-order valence-corrected chi connectivity index (χ2v) is 4.69. The summed E-state index contributed by atoms with van der Waals surface area (Å²) in [6, 6.07) is 6.13. The fourth-order valence-electron chi connectivity index (χ4n) is 2.00. The molecule has 0 spiro atoms. The van der Waals surface area contributed by atoms with Crippen LogP contribution in [0.5, 0.6) is 0 Å². The highest BCUT2D eigenvalue weighted by Crippen LogP contribution is 2.28. The lowest BCUT2D eigenvalue weighted by atomic mass is 10.1. The molecule has 0 bridgehead atoms. The van der Waals surface area contributed by atoms with Crippen molar-refractivity contribution in [1.82, 2.24) is 0 Å². The fraction of sp³-hybridized carbons (Fsp3) is 0.417. The van der Waals surface area contributed by atoms with Crippen LogP contribution in [-0.4, -0.2) is 12.5 Å². The summed E-state index contributed by atoms with van der Waals surface area (Å²) in [6.45, 7) is 2.99. The predicted molar refractivity (Wildman–Crippen MR) is 65.1 cm³/mol. The lowest BCUT2D eigenvalue weighted by molar-refractivity contribution is -0.117. The number of carbonyl (C=O) groups is 1. The van der Waals surface area contributed by atoms with Crippen molar-refractivity contribution in [2.24, 2.45) is 0 Å². The Labute approximate surface area is 98.4 Å². The maximum absolute atomic E-state index is 11.6. The Kier molecular flexibility index (Phi) is 3.10. The molecule has 1 aromatic rings. The summed E-state index contributed by atoms with van der Waals surface area (Å²) >= 11 is 3.46. The molecule has 80 valence electrons. The van der Waals surface area contributed by atoms with Gasteiger partial charge in [0.2, 0.25) is 5.91 Å². The molecule has 0 atom stereocenters. The first-order chi connectivity index (χ1) is 7.22. The fourth-order valence-corrected chi connectivity index (χ4v) is 2.41. The van der Waals surface area contributed by atoms with Crippen LogP contribution in [0.2, 0.25) is 0 Å². The van der Waals surface area contributed by atoms with Crippen molar-refractivity contribution in [3.8, 4) is 0 Å². The van der Waals surface area contributed by atoms with Gasteiger partial charge in [0.25, 0.3) is 0 Å².